The Hall–Kier alpha value is -3.41. The molecule has 26 heavy (non-hydrogen) atoms. The molecule has 1 N–H and O–H groups in total. The van der Waals surface area contributed by atoms with Crippen LogP contribution in [0.15, 0.2) is 30.5 Å². The second-order valence-electron chi connectivity index (χ2n) is 5.59. The van der Waals surface area contributed by atoms with Crippen molar-refractivity contribution in [3.05, 3.63) is 36.0 Å². The topological polar surface area (TPSA) is 107 Å². The van der Waals surface area contributed by atoms with Gasteiger partial charge in [0, 0.05) is 26.2 Å². The number of para-hydroxylation sites is 1. The molecular weight excluding hydrogens is 334 g/mol. The maximum atomic E-state index is 11.8. The van der Waals surface area contributed by atoms with Crippen LogP contribution >= 0.6 is 0 Å². The number of benzene rings is 1. The minimum absolute atomic E-state index is 0.288. The van der Waals surface area contributed by atoms with Gasteiger partial charge in [-0.25, -0.2) is 4.79 Å². The zero-order valence-corrected chi connectivity index (χ0v) is 14.4. The number of anilines is 3. The highest BCUT2D eigenvalue weighted by Crippen LogP contribution is 2.19. The van der Waals surface area contributed by atoms with Gasteiger partial charge in [-0.15, -0.1) is 5.10 Å². The number of ether oxygens (including phenoxy) is 1. The highest BCUT2D eigenvalue weighted by Gasteiger charge is 2.23. The molecule has 9 nitrogen and oxygen atoms in total. The van der Waals surface area contributed by atoms with Crippen LogP contribution in [0.3, 0.4) is 0 Å². The van der Waals surface area contributed by atoms with Crippen molar-refractivity contribution >= 4 is 23.5 Å². The summed E-state index contributed by atoms with van der Waals surface area (Å²) in [6, 6.07) is 9.24. The molecular formula is C17H19N7O2. The molecule has 0 saturated carbocycles. The van der Waals surface area contributed by atoms with Crippen LogP contribution in [0.2, 0.25) is 0 Å². The van der Waals surface area contributed by atoms with E-state index in [0.29, 0.717) is 55.8 Å². The number of carbonyl (C=O) groups is 1. The van der Waals surface area contributed by atoms with E-state index in [1.807, 2.05) is 11.0 Å². The van der Waals surface area contributed by atoms with Gasteiger partial charge >= 0.3 is 6.09 Å². The first-order valence-corrected chi connectivity index (χ1v) is 8.33. The van der Waals surface area contributed by atoms with E-state index in [1.54, 1.807) is 36.2 Å². The van der Waals surface area contributed by atoms with Crippen LogP contribution in [-0.4, -0.2) is 59.0 Å². The highest BCUT2D eigenvalue weighted by atomic mass is 16.6. The summed E-state index contributed by atoms with van der Waals surface area (Å²) in [6.45, 7) is 4.54. The molecule has 0 radical (unpaired) electrons. The minimum atomic E-state index is -0.288. The molecule has 2 aromatic rings. The van der Waals surface area contributed by atoms with Crippen molar-refractivity contribution in [2.24, 2.45) is 0 Å². The maximum absolute atomic E-state index is 11.8. The third-order valence-electron chi connectivity index (χ3n) is 3.97. The summed E-state index contributed by atoms with van der Waals surface area (Å²) in [5.74, 6) is 0.985. The van der Waals surface area contributed by atoms with Crippen LogP contribution < -0.4 is 10.2 Å². The molecule has 1 aromatic heterocycles. The normalized spacial score (nSPS) is 13.8. The number of hydrogen-bond acceptors (Lipinski definition) is 8. The van der Waals surface area contributed by atoms with Crippen LogP contribution in [0, 0.1) is 11.3 Å². The summed E-state index contributed by atoms with van der Waals surface area (Å²) < 4.78 is 5.02. The number of hydrogen-bond donors (Lipinski definition) is 1. The lowest BCUT2D eigenvalue weighted by molar-refractivity contribution is 0.105. The van der Waals surface area contributed by atoms with E-state index in [9.17, 15) is 4.79 Å². The monoisotopic (exact) mass is 353 g/mol. The fraction of sp³-hybridized carbons (Fsp3) is 0.353. The van der Waals surface area contributed by atoms with E-state index in [2.05, 4.69) is 26.6 Å². The largest absolute Gasteiger partial charge is 0.450 e. The molecule has 0 aliphatic carbocycles. The molecule has 0 unspecified atom stereocenters. The number of piperazine rings is 1. The van der Waals surface area contributed by atoms with Crippen LogP contribution in [0.5, 0.6) is 0 Å². The summed E-state index contributed by atoms with van der Waals surface area (Å²) in [4.78, 5) is 20.0. The number of carbonyl (C=O) groups excluding carboxylic acids is 1. The smallest absolute Gasteiger partial charge is 0.409 e. The number of nitriles is 1. The summed E-state index contributed by atoms with van der Waals surface area (Å²) in [5.41, 5.74) is 1.13. The van der Waals surface area contributed by atoms with Crippen molar-refractivity contribution in [2.45, 2.75) is 6.92 Å². The van der Waals surface area contributed by atoms with E-state index in [0.717, 1.165) is 0 Å². The fourth-order valence-electron chi connectivity index (χ4n) is 2.64. The molecule has 1 saturated heterocycles. The van der Waals surface area contributed by atoms with Gasteiger partial charge in [-0.05, 0) is 19.1 Å². The number of aromatic nitrogens is 3. The lowest BCUT2D eigenvalue weighted by Gasteiger charge is -2.34. The minimum Gasteiger partial charge on any atom is -0.450 e. The Morgan fingerprint density at radius 2 is 2.08 bits per heavy atom. The summed E-state index contributed by atoms with van der Waals surface area (Å²) in [7, 11) is 0. The van der Waals surface area contributed by atoms with E-state index in [1.165, 1.54) is 0 Å². The van der Waals surface area contributed by atoms with Gasteiger partial charge < -0.3 is 19.9 Å². The van der Waals surface area contributed by atoms with Crippen LogP contribution in [0.25, 0.3) is 0 Å². The van der Waals surface area contributed by atoms with Gasteiger partial charge in [0.05, 0.1) is 24.1 Å². The molecule has 0 atom stereocenters. The number of rotatable bonds is 4. The molecule has 0 bridgehead atoms. The average molecular weight is 353 g/mol. The van der Waals surface area contributed by atoms with Crippen molar-refractivity contribution in [1.29, 1.82) is 5.26 Å². The predicted octanol–water partition coefficient (Wildman–Crippen LogP) is 1.77. The Kier molecular flexibility index (Phi) is 5.43. The standard InChI is InChI=1S/C17H19N7O2/c1-2-26-17(25)24-9-7-23(8-10-24)15-12-19-22-16(21-15)20-14-6-4-3-5-13(14)11-18/h3-6,12H,2,7-10H2,1H3,(H,20,21,22). The molecule has 1 aliphatic heterocycles. The highest BCUT2D eigenvalue weighted by molar-refractivity contribution is 5.68. The molecule has 1 aromatic carbocycles. The average Bonchev–Trinajstić information content (AvgIpc) is 2.69. The van der Waals surface area contributed by atoms with Crippen LogP contribution in [0.1, 0.15) is 12.5 Å². The summed E-state index contributed by atoms with van der Waals surface area (Å²) >= 11 is 0. The Labute approximate surface area is 151 Å². The van der Waals surface area contributed by atoms with Gasteiger partial charge in [0.25, 0.3) is 0 Å². The van der Waals surface area contributed by atoms with Crippen molar-refractivity contribution in [3.8, 4) is 6.07 Å². The Morgan fingerprint density at radius 1 is 1.31 bits per heavy atom. The molecule has 2 heterocycles. The fourth-order valence-corrected chi connectivity index (χ4v) is 2.64. The second kappa shape index (κ2) is 8.11. The lowest BCUT2D eigenvalue weighted by atomic mass is 10.2. The van der Waals surface area contributed by atoms with Crippen molar-refractivity contribution < 1.29 is 9.53 Å². The zero-order valence-electron chi connectivity index (χ0n) is 14.4. The van der Waals surface area contributed by atoms with Crippen LogP contribution in [0.4, 0.5) is 22.2 Å². The lowest BCUT2D eigenvalue weighted by Crippen LogP contribution is -2.49. The first kappa shape index (κ1) is 17.4. The third-order valence-corrected chi connectivity index (χ3v) is 3.97. The molecule has 1 fully saturated rings. The molecule has 1 aliphatic rings. The van der Waals surface area contributed by atoms with Crippen molar-refractivity contribution in [2.75, 3.05) is 43.0 Å². The Bertz CT molecular complexity index is 813. The molecule has 9 heteroatoms. The van der Waals surface area contributed by atoms with Gasteiger partial charge in [-0.1, -0.05) is 12.1 Å². The van der Waals surface area contributed by atoms with E-state index < -0.39 is 0 Å². The van der Waals surface area contributed by atoms with E-state index in [4.69, 9.17) is 10.00 Å². The number of nitrogens with zero attached hydrogens (tertiary/aromatic N) is 6. The van der Waals surface area contributed by atoms with Gasteiger partial charge in [0.15, 0.2) is 5.82 Å². The van der Waals surface area contributed by atoms with Gasteiger partial charge in [-0.3, -0.25) is 0 Å². The number of amides is 1. The zero-order chi connectivity index (χ0) is 18.4. The van der Waals surface area contributed by atoms with Crippen molar-refractivity contribution in [3.63, 3.8) is 0 Å². The first-order chi connectivity index (χ1) is 12.7. The van der Waals surface area contributed by atoms with E-state index >= 15 is 0 Å². The summed E-state index contributed by atoms with van der Waals surface area (Å²) in [6.07, 6.45) is 1.30. The quantitative estimate of drug-likeness (QED) is 0.886. The summed E-state index contributed by atoms with van der Waals surface area (Å²) in [5, 5.41) is 20.2. The first-order valence-electron chi connectivity index (χ1n) is 8.33. The SMILES string of the molecule is CCOC(=O)N1CCN(c2cnnc(Nc3ccccc3C#N)n2)CC1. The second-order valence-corrected chi connectivity index (χ2v) is 5.59. The van der Waals surface area contributed by atoms with Crippen molar-refractivity contribution in [1.82, 2.24) is 20.1 Å². The van der Waals surface area contributed by atoms with Gasteiger partial charge in [-0.2, -0.15) is 15.3 Å². The number of nitrogens with one attached hydrogen (secondary N) is 1. The molecule has 0 spiro atoms. The predicted molar refractivity (Wildman–Crippen MR) is 95.1 cm³/mol. The molecule has 1 amide bonds. The molecule has 3 rings (SSSR count). The third kappa shape index (κ3) is 3.97. The van der Waals surface area contributed by atoms with Crippen LogP contribution in [-0.2, 0) is 4.74 Å². The van der Waals surface area contributed by atoms with Gasteiger partial charge in [0.1, 0.15) is 6.07 Å². The Balaban J connectivity index is 1.67. The molecule has 134 valence electrons. The maximum Gasteiger partial charge on any atom is 0.409 e. The van der Waals surface area contributed by atoms with Gasteiger partial charge in [0.2, 0.25) is 5.95 Å². The Morgan fingerprint density at radius 3 is 2.81 bits per heavy atom. The van der Waals surface area contributed by atoms with E-state index in [-0.39, 0.29) is 6.09 Å².